The molecule has 2 rings (SSSR count). The maximum absolute atomic E-state index is 5.61. The first-order valence-corrected chi connectivity index (χ1v) is 6.39. The summed E-state index contributed by atoms with van der Waals surface area (Å²) in [5, 5.41) is 3.76. The van der Waals surface area contributed by atoms with Gasteiger partial charge in [0.1, 0.15) is 5.75 Å². The van der Waals surface area contributed by atoms with Crippen molar-refractivity contribution in [3.05, 3.63) is 40.0 Å². The van der Waals surface area contributed by atoms with E-state index in [0.29, 0.717) is 18.3 Å². The summed E-state index contributed by atoms with van der Waals surface area (Å²) < 4.78 is 11.4. The summed E-state index contributed by atoms with van der Waals surface area (Å²) in [6.07, 6.45) is 0.850. The number of ether oxygens (including phenoxy) is 1. The predicted octanol–water partition coefficient (Wildman–Crippen LogP) is 2.22. The quantitative estimate of drug-likeness (QED) is 0.916. The second kappa shape index (κ2) is 5.97. The van der Waals surface area contributed by atoms with Crippen molar-refractivity contribution in [3.63, 3.8) is 0 Å². The topological polar surface area (TPSA) is 74.2 Å². The molecule has 0 fully saturated rings. The number of hydrogen-bond acceptors (Lipinski definition) is 5. The van der Waals surface area contributed by atoms with E-state index in [4.69, 9.17) is 15.0 Å². The van der Waals surface area contributed by atoms with Gasteiger partial charge in [0.15, 0.2) is 6.61 Å². The van der Waals surface area contributed by atoms with Crippen LogP contribution in [0.4, 0.5) is 0 Å². The molecule has 0 aliphatic carbocycles. The molecule has 18 heavy (non-hydrogen) atoms. The molecule has 6 heteroatoms. The largest absolute Gasteiger partial charge is 0.484 e. The number of aromatic nitrogens is 2. The molecule has 0 unspecified atom stereocenters. The maximum atomic E-state index is 5.61. The Balaban J connectivity index is 2.01. The van der Waals surface area contributed by atoms with Crippen LogP contribution in [0.2, 0.25) is 0 Å². The smallest absolute Gasteiger partial charge is 0.223 e. The van der Waals surface area contributed by atoms with Gasteiger partial charge in [-0.1, -0.05) is 11.2 Å². The third kappa shape index (κ3) is 3.30. The highest BCUT2D eigenvalue weighted by molar-refractivity contribution is 9.10. The summed E-state index contributed by atoms with van der Waals surface area (Å²) in [5.41, 5.74) is 6.69. The Morgan fingerprint density at radius 3 is 2.89 bits per heavy atom. The van der Waals surface area contributed by atoms with Crippen LogP contribution in [0.1, 0.15) is 17.3 Å². The van der Waals surface area contributed by atoms with Crippen molar-refractivity contribution in [2.24, 2.45) is 5.73 Å². The minimum absolute atomic E-state index is 0.284. The first kappa shape index (κ1) is 13.0. The number of hydrogen-bond donors (Lipinski definition) is 1. The fraction of sp³-hybridized carbons (Fsp3) is 0.333. The van der Waals surface area contributed by atoms with Gasteiger partial charge in [0.05, 0.1) is 4.47 Å². The van der Waals surface area contributed by atoms with Gasteiger partial charge >= 0.3 is 0 Å². The van der Waals surface area contributed by atoms with E-state index in [1.54, 1.807) is 6.92 Å². The van der Waals surface area contributed by atoms with Crippen LogP contribution in [0.5, 0.6) is 5.75 Å². The van der Waals surface area contributed by atoms with Crippen LogP contribution < -0.4 is 10.5 Å². The van der Waals surface area contributed by atoms with Crippen molar-refractivity contribution in [3.8, 4) is 5.75 Å². The SMILES string of the molecule is Cc1nc(COc2ccc(CCN)cc2Br)no1. The average molecular weight is 312 g/mol. The minimum atomic E-state index is 0.284. The Hall–Kier alpha value is -1.40. The Labute approximate surface area is 113 Å². The van der Waals surface area contributed by atoms with E-state index in [0.717, 1.165) is 16.6 Å². The first-order valence-electron chi connectivity index (χ1n) is 5.59. The summed E-state index contributed by atoms with van der Waals surface area (Å²) in [6, 6.07) is 5.90. The monoisotopic (exact) mass is 311 g/mol. The Morgan fingerprint density at radius 2 is 2.28 bits per heavy atom. The molecule has 0 saturated carbocycles. The van der Waals surface area contributed by atoms with Gasteiger partial charge < -0.3 is 15.0 Å². The lowest BCUT2D eigenvalue weighted by Gasteiger charge is -2.07. The van der Waals surface area contributed by atoms with E-state index < -0.39 is 0 Å². The molecule has 1 aromatic heterocycles. The van der Waals surface area contributed by atoms with Crippen LogP contribution in [0, 0.1) is 6.92 Å². The number of nitrogens with two attached hydrogens (primary N) is 1. The van der Waals surface area contributed by atoms with Crippen molar-refractivity contribution >= 4 is 15.9 Å². The van der Waals surface area contributed by atoms with E-state index in [1.807, 2.05) is 18.2 Å². The zero-order valence-electron chi connectivity index (χ0n) is 10.0. The number of halogens is 1. The van der Waals surface area contributed by atoms with Crippen molar-refractivity contribution < 1.29 is 9.26 Å². The number of benzene rings is 1. The van der Waals surface area contributed by atoms with E-state index in [2.05, 4.69) is 26.1 Å². The van der Waals surface area contributed by atoms with Gasteiger partial charge in [-0.15, -0.1) is 0 Å². The second-order valence-corrected chi connectivity index (χ2v) is 4.68. The lowest BCUT2D eigenvalue weighted by molar-refractivity contribution is 0.284. The fourth-order valence-corrected chi connectivity index (χ4v) is 2.07. The summed E-state index contributed by atoms with van der Waals surface area (Å²) in [5.74, 6) is 1.81. The van der Waals surface area contributed by atoms with Crippen LogP contribution in [-0.4, -0.2) is 16.7 Å². The molecule has 0 aliphatic rings. The molecule has 0 saturated heterocycles. The molecule has 0 amide bonds. The molecule has 0 radical (unpaired) electrons. The Bertz CT molecular complexity index is 528. The highest BCUT2D eigenvalue weighted by Crippen LogP contribution is 2.26. The molecular formula is C12H14BrN3O2. The van der Waals surface area contributed by atoms with Crippen LogP contribution in [-0.2, 0) is 13.0 Å². The highest BCUT2D eigenvalue weighted by atomic mass is 79.9. The lowest BCUT2D eigenvalue weighted by Crippen LogP contribution is -2.03. The molecule has 0 bridgehead atoms. The molecular weight excluding hydrogens is 298 g/mol. The number of aryl methyl sites for hydroxylation is 1. The van der Waals surface area contributed by atoms with Gasteiger partial charge in [-0.25, -0.2) is 0 Å². The van der Waals surface area contributed by atoms with E-state index in [1.165, 1.54) is 5.56 Å². The minimum Gasteiger partial charge on any atom is -0.484 e. The van der Waals surface area contributed by atoms with Crippen molar-refractivity contribution in [1.29, 1.82) is 0 Å². The fourth-order valence-electron chi connectivity index (χ4n) is 1.53. The Morgan fingerprint density at radius 1 is 1.44 bits per heavy atom. The van der Waals surface area contributed by atoms with Gasteiger partial charge in [-0.2, -0.15) is 4.98 Å². The van der Waals surface area contributed by atoms with Gasteiger partial charge in [0.25, 0.3) is 0 Å². The summed E-state index contributed by atoms with van der Waals surface area (Å²) in [7, 11) is 0. The average Bonchev–Trinajstić information content (AvgIpc) is 2.74. The maximum Gasteiger partial charge on any atom is 0.223 e. The van der Waals surface area contributed by atoms with Crippen LogP contribution in [0.3, 0.4) is 0 Å². The van der Waals surface area contributed by atoms with Crippen LogP contribution in [0.15, 0.2) is 27.2 Å². The van der Waals surface area contributed by atoms with E-state index >= 15 is 0 Å². The van der Waals surface area contributed by atoms with Gasteiger partial charge in [-0.3, -0.25) is 0 Å². The standard InChI is InChI=1S/C12H14BrN3O2/c1-8-15-12(16-18-8)7-17-11-3-2-9(4-5-14)6-10(11)13/h2-3,6H,4-5,7,14H2,1H3. The van der Waals surface area contributed by atoms with Gasteiger partial charge in [0.2, 0.25) is 11.7 Å². The molecule has 1 heterocycles. The van der Waals surface area contributed by atoms with Gasteiger partial charge in [-0.05, 0) is 46.6 Å². The second-order valence-electron chi connectivity index (χ2n) is 3.82. The molecule has 0 aliphatic heterocycles. The summed E-state index contributed by atoms with van der Waals surface area (Å²) in [4.78, 5) is 4.07. The zero-order chi connectivity index (χ0) is 13.0. The van der Waals surface area contributed by atoms with E-state index in [9.17, 15) is 0 Å². The summed E-state index contributed by atoms with van der Waals surface area (Å²) in [6.45, 7) is 2.66. The Kier molecular flexibility index (Phi) is 4.33. The molecule has 2 N–H and O–H groups in total. The molecule has 2 aromatic rings. The lowest BCUT2D eigenvalue weighted by atomic mass is 10.1. The van der Waals surface area contributed by atoms with E-state index in [-0.39, 0.29) is 6.61 Å². The van der Waals surface area contributed by atoms with Crippen molar-refractivity contribution in [2.45, 2.75) is 20.0 Å². The number of rotatable bonds is 5. The van der Waals surface area contributed by atoms with Gasteiger partial charge in [0, 0.05) is 6.92 Å². The van der Waals surface area contributed by atoms with Crippen LogP contribution >= 0.6 is 15.9 Å². The summed E-state index contributed by atoms with van der Waals surface area (Å²) >= 11 is 3.47. The normalized spacial score (nSPS) is 10.6. The highest BCUT2D eigenvalue weighted by Gasteiger charge is 2.06. The van der Waals surface area contributed by atoms with Crippen LogP contribution in [0.25, 0.3) is 0 Å². The third-order valence-corrected chi connectivity index (χ3v) is 2.98. The van der Waals surface area contributed by atoms with Crippen molar-refractivity contribution in [2.75, 3.05) is 6.54 Å². The van der Waals surface area contributed by atoms with Crippen molar-refractivity contribution in [1.82, 2.24) is 10.1 Å². The third-order valence-electron chi connectivity index (χ3n) is 2.36. The molecule has 96 valence electrons. The molecule has 0 spiro atoms. The molecule has 0 atom stereocenters. The zero-order valence-corrected chi connectivity index (χ0v) is 11.6. The molecule has 5 nitrogen and oxygen atoms in total. The molecule has 1 aromatic carbocycles. The first-order chi connectivity index (χ1) is 8.69. The number of nitrogens with zero attached hydrogens (tertiary/aromatic N) is 2. The predicted molar refractivity (Wildman–Crippen MR) is 70.3 cm³/mol.